The van der Waals surface area contributed by atoms with Gasteiger partial charge in [0.05, 0.1) is 0 Å². The van der Waals surface area contributed by atoms with E-state index in [1.54, 1.807) is 18.2 Å². The summed E-state index contributed by atoms with van der Waals surface area (Å²) in [5, 5.41) is 1.07. The second-order valence-corrected chi connectivity index (χ2v) is 5.46. The van der Waals surface area contributed by atoms with Gasteiger partial charge in [-0.2, -0.15) is 0 Å². The highest BCUT2D eigenvalue weighted by Gasteiger charge is 2.16. The van der Waals surface area contributed by atoms with Crippen LogP contribution in [0.2, 0.25) is 10.0 Å². The van der Waals surface area contributed by atoms with E-state index in [2.05, 4.69) is 0 Å². The smallest absolute Gasteiger partial charge is 0.127 e. The molecular formula is C15H12Cl3F. The Labute approximate surface area is 127 Å². The second-order valence-electron chi connectivity index (χ2n) is 4.31. The lowest BCUT2D eigenvalue weighted by Gasteiger charge is -2.16. The summed E-state index contributed by atoms with van der Waals surface area (Å²) in [6, 6.07) is 12.1. The van der Waals surface area contributed by atoms with Gasteiger partial charge in [0.25, 0.3) is 0 Å². The van der Waals surface area contributed by atoms with Crippen LogP contribution in [0.1, 0.15) is 17.0 Å². The van der Waals surface area contributed by atoms with Crippen molar-refractivity contribution in [2.24, 2.45) is 0 Å². The van der Waals surface area contributed by atoms with Crippen molar-refractivity contribution in [1.82, 2.24) is 0 Å². The van der Waals surface area contributed by atoms with Crippen LogP contribution in [0.4, 0.5) is 4.39 Å². The van der Waals surface area contributed by atoms with Crippen molar-refractivity contribution in [3.8, 4) is 0 Å². The zero-order valence-corrected chi connectivity index (χ0v) is 12.3. The average Bonchev–Trinajstić information content (AvgIpc) is 2.38. The maximum Gasteiger partial charge on any atom is 0.127 e. The molecule has 0 fully saturated rings. The molecule has 2 aromatic rings. The molecule has 0 saturated heterocycles. The maximum atomic E-state index is 13.8. The molecule has 0 spiro atoms. The molecule has 2 aromatic carbocycles. The first kappa shape index (κ1) is 14.6. The largest absolute Gasteiger partial charge is 0.207 e. The van der Waals surface area contributed by atoms with E-state index in [-0.39, 0.29) is 11.7 Å². The van der Waals surface area contributed by atoms with Gasteiger partial charge in [-0.15, -0.1) is 11.6 Å². The van der Waals surface area contributed by atoms with Gasteiger partial charge in [0.2, 0.25) is 0 Å². The Morgan fingerprint density at radius 3 is 2.42 bits per heavy atom. The van der Waals surface area contributed by atoms with Gasteiger partial charge in [0, 0.05) is 27.4 Å². The normalized spacial score (nSPS) is 12.4. The Bertz CT molecular complexity index is 549. The Kier molecular flexibility index (Phi) is 5.09. The van der Waals surface area contributed by atoms with Crippen LogP contribution in [-0.2, 0) is 6.42 Å². The fraction of sp³-hybridized carbons (Fsp3) is 0.200. The summed E-state index contributed by atoms with van der Waals surface area (Å²) in [6.45, 7) is 0. The summed E-state index contributed by atoms with van der Waals surface area (Å²) in [7, 11) is 0. The van der Waals surface area contributed by atoms with Crippen LogP contribution in [0.25, 0.3) is 0 Å². The van der Waals surface area contributed by atoms with Gasteiger partial charge in [-0.3, -0.25) is 0 Å². The average molecular weight is 318 g/mol. The summed E-state index contributed by atoms with van der Waals surface area (Å²) in [4.78, 5) is 0. The van der Waals surface area contributed by atoms with E-state index in [0.29, 0.717) is 27.9 Å². The highest BCUT2D eigenvalue weighted by Crippen LogP contribution is 2.29. The third kappa shape index (κ3) is 3.62. The molecule has 0 aromatic heterocycles. The summed E-state index contributed by atoms with van der Waals surface area (Å²) < 4.78 is 13.8. The van der Waals surface area contributed by atoms with E-state index in [4.69, 9.17) is 34.8 Å². The zero-order valence-electron chi connectivity index (χ0n) is 10.0. The molecule has 1 atom stereocenters. The summed E-state index contributed by atoms with van der Waals surface area (Å²) in [5.41, 5.74) is 1.48. The molecule has 0 aliphatic heterocycles. The lowest BCUT2D eigenvalue weighted by atomic mass is 9.93. The lowest BCUT2D eigenvalue weighted by Crippen LogP contribution is -2.06. The molecule has 0 bridgehead atoms. The van der Waals surface area contributed by atoms with Crippen LogP contribution in [0.3, 0.4) is 0 Å². The molecule has 0 N–H and O–H groups in total. The van der Waals surface area contributed by atoms with E-state index >= 15 is 0 Å². The molecule has 0 aliphatic rings. The minimum atomic E-state index is -0.301. The minimum Gasteiger partial charge on any atom is -0.207 e. The summed E-state index contributed by atoms with van der Waals surface area (Å²) >= 11 is 18.0. The highest BCUT2D eigenvalue weighted by molar-refractivity contribution is 6.31. The van der Waals surface area contributed by atoms with Crippen LogP contribution in [-0.4, -0.2) is 5.88 Å². The first-order chi connectivity index (χ1) is 9.11. The Balaban J connectivity index is 2.29. The molecule has 100 valence electrons. The van der Waals surface area contributed by atoms with Crippen LogP contribution in [0.15, 0.2) is 42.5 Å². The summed E-state index contributed by atoms with van der Waals surface area (Å²) in [6.07, 6.45) is 0.454. The molecule has 2 rings (SSSR count). The van der Waals surface area contributed by atoms with Crippen molar-refractivity contribution in [3.63, 3.8) is 0 Å². The lowest BCUT2D eigenvalue weighted by molar-refractivity contribution is 0.598. The molecule has 0 saturated carbocycles. The summed E-state index contributed by atoms with van der Waals surface area (Å²) in [5.74, 6) is 0.0600. The van der Waals surface area contributed by atoms with Gasteiger partial charge in [-0.05, 0) is 36.2 Å². The van der Waals surface area contributed by atoms with E-state index in [1.807, 2.05) is 18.2 Å². The molecule has 1 unspecified atom stereocenters. The first-order valence-electron chi connectivity index (χ1n) is 5.86. The van der Waals surface area contributed by atoms with Gasteiger partial charge in [-0.25, -0.2) is 4.39 Å². The first-order valence-corrected chi connectivity index (χ1v) is 7.15. The Morgan fingerprint density at radius 1 is 1.05 bits per heavy atom. The fourth-order valence-corrected chi connectivity index (χ4v) is 2.72. The Morgan fingerprint density at radius 2 is 1.79 bits per heavy atom. The van der Waals surface area contributed by atoms with E-state index in [0.717, 1.165) is 5.56 Å². The van der Waals surface area contributed by atoms with Crippen molar-refractivity contribution in [1.29, 1.82) is 0 Å². The number of hydrogen-bond acceptors (Lipinski definition) is 0. The van der Waals surface area contributed by atoms with Crippen LogP contribution in [0.5, 0.6) is 0 Å². The molecule has 0 aliphatic carbocycles. The molecule has 19 heavy (non-hydrogen) atoms. The standard InChI is InChI=1S/C15H12Cl3F/c16-9-11(10-3-1-4-12(17)7-10)8-13-14(18)5-2-6-15(13)19/h1-7,11H,8-9H2. The molecule has 0 heterocycles. The molecule has 4 heteroatoms. The van der Waals surface area contributed by atoms with E-state index in [1.165, 1.54) is 6.07 Å². The number of benzene rings is 2. The quantitative estimate of drug-likeness (QED) is 0.635. The number of halogens is 4. The maximum absolute atomic E-state index is 13.8. The highest BCUT2D eigenvalue weighted by atomic mass is 35.5. The van der Waals surface area contributed by atoms with Crippen molar-refractivity contribution in [3.05, 3.63) is 69.5 Å². The third-order valence-electron chi connectivity index (χ3n) is 3.02. The monoisotopic (exact) mass is 316 g/mol. The van der Waals surface area contributed by atoms with Gasteiger partial charge >= 0.3 is 0 Å². The predicted octanol–water partition coefficient (Wildman–Crippen LogP) is 5.70. The SMILES string of the molecule is Fc1cccc(Cl)c1CC(CCl)c1cccc(Cl)c1. The van der Waals surface area contributed by atoms with Crippen molar-refractivity contribution >= 4 is 34.8 Å². The number of rotatable bonds is 4. The Hall–Kier alpha value is -0.760. The van der Waals surface area contributed by atoms with E-state index in [9.17, 15) is 4.39 Å². The molecule has 0 amide bonds. The molecule has 0 nitrogen and oxygen atoms in total. The van der Waals surface area contributed by atoms with Crippen LogP contribution >= 0.6 is 34.8 Å². The second kappa shape index (κ2) is 6.60. The van der Waals surface area contributed by atoms with Crippen molar-refractivity contribution in [2.45, 2.75) is 12.3 Å². The van der Waals surface area contributed by atoms with E-state index < -0.39 is 0 Å². The van der Waals surface area contributed by atoms with Gasteiger partial charge in [0.1, 0.15) is 5.82 Å². The molecule has 0 radical (unpaired) electrons. The van der Waals surface area contributed by atoms with Crippen LogP contribution < -0.4 is 0 Å². The molecular weight excluding hydrogens is 306 g/mol. The van der Waals surface area contributed by atoms with Crippen LogP contribution in [0, 0.1) is 5.82 Å². The topological polar surface area (TPSA) is 0 Å². The zero-order chi connectivity index (χ0) is 13.8. The van der Waals surface area contributed by atoms with Crippen molar-refractivity contribution < 1.29 is 4.39 Å². The van der Waals surface area contributed by atoms with Gasteiger partial charge in [-0.1, -0.05) is 41.4 Å². The minimum absolute atomic E-state index is 0.0187. The van der Waals surface area contributed by atoms with Gasteiger partial charge in [0.15, 0.2) is 0 Å². The predicted molar refractivity (Wildman–Crippen MR) is 80.0 cm³/mol. The number of hydrogen-bond donors (Lipinski definition) is 0. The van der Waals surface area contributed by atoms with Crippen molar-refractivity contribution in [2.75, 3.05) is 5.88 Å². The number of alkyl halides is 1. The van der Waals surface area contributed by atoms with Gasteiger partial charge < -0.3 is 0 Å². The third-order valence-corrected chi connectivity index (χ3v) is 3.98. The fourth-order valence-electron chi connectivity index (χ4n) is 2.00.